The van der Waals surface area contributed by atoms with E-state index in [1.54, 1.807) is 7.11 Å². The molecule has 0 bridgehead atoms. The van der Waals surface area contributed by atoms with Gasteiger partial charge in [-0.05, 0) is 25.1 Å². The highest BCUT2D eigenvalue weighted by Crippen LogP contribution is 2.18. The molecular weight excluding hydrogens is 298 g/mol. The van der Waals surface area contributed by atoms with Crippen molar-refractivity contribution < 1.29 is 14.3 Å². The number of nitrogens with one attached hydrogen (secondary N) is 1. The van der Waals surface area contributed by atoms with Gasteiger partial charge in [0.25, 0.3) is 0 Å². The van der Waals surface area contributed by atoms with E-state index in [0.29, 0.717) is 6.54 Å². The number of amides is 1. The number of carbonyl (C=O) groups is 2. The summed E-state index contributed by atoms with van der Waals surface area (Å²) in [7, 11) is 1.60. The summed E-state index contributed by atoms with van der Waals surface area (Å²) in [5.74, 6) is 0.631. The van der Waals surface area contributed by atoms with Crippen LogP contribution in [0.25, 0.3) is 0 Å². The third-order valence-electron chi connectivity index (χ3n) is 3.26. The second-order valence-corrected chi connectivity index (χ2v) is 6.21. The van der Waals surface area contributed by atoms with Crippen LogP contribution in [0.4, 0.5) is 0 Å². The summed E-state index contributed by atoms with van der Waals surface area (Å²) in [4.78, 5) is 25.6. The van der Waals surface area contributed by atoms with E-state index in [9.17, 15) is 9.59 Å². The summed E-state index contributed by atoms with van der Waals surface area (Å²) >= 11 is 1.46. The van der Waals surface area contributed by atoms with Crippen LogP contribution in [0.2, 0.25) is 0 Å². The number of hydrogen-bond donors (Lipinski definition) is 1. The number of ketones is 1. The van der Waals surface area contributed by atoms with Gasteiger partial charge < -0.3 is 10.1 Å². The van der Waals surface area contributed by atoms with E-state index in [4.69, 9.17) is 4.74 Å². The first kappa shape index (κ1) is 16.2. The topological polar surface area (TPSA) is 55.4 Å². The van der Waals surface area contributed by atoms with Crippen molar-refractivity contribution in [3.05, 3.63) is 51.7 Å². The third kappa shape index (κ3) is 4.43. The molecule has 0 spiro atoms. The molecule has 0 radical (unpaired) electrons. The highest BCUT2D eigenvalue weighted by molar-refractivity contribution is 7.14. The predicted octanol–water partition coefficient (Wildman–Crippen LogP) is 3.34. The first-order valence-electron chi connectivity index (χ1n) is 7.08. The number of hydrogen-bond acceptors (Lipinski definition) is 4. The molecule has 0 aliphatic carbocycles. The number of para-hydroxylation sites is 1. The van der Waals surface area contributed by atoms with Crippen molar-refractivity contribution in [3.8, 4) is 5.75 Å². The molecule has 4 nitrogen and oxygen atoms in total. The Morgan fingerprint density at radius 1 is 1.14 bits per heavy atom. The van der Waals surface area contributed by atoms with Crippen LogP contribution in [0.1, 0.15) is 33.0 Å². The van der Waals surface area contributed by atoms with Gasteiger partial charge in [0.1, 0.15) is 5.75 Å². The summed E-state index contributed by atoms with van der Waals surface area (Å²) in [5, 5.41) is 2.82. The second kappa shape index (κ2) is 7.75. The molecule has 1 aromatic heterocycles. The Bertz CT molecular complexity index is 663. The first-order valence-corrected chi connectivity index (χ1v) is 7.90. The maximum Gasteiger partial charge on any atom is 0.220 e. The molecule has 0 aliphatic heterocycles. The quantitative estimate of drug-likeness (QED) is 0.797. The molecule has 0 saturated heterocycles. The summed E-state index contributed by atoms with van der Waals surface area (Å²) in [6, 6.07) is 11.3. The van der Waals surface area contributed by atoms with Crippen molar-refractivity contribution in [2.24, 2.45) is 0 Å². The molecule has 0 saturated carbocycles. The minimum Gasteiger partial charge on any atom is -0.496 e. The van der Waals surface area contributed by atoms with Gasteiger partial charge in [-0.2, -0.15) is 0 Å². The van der Waals surface area contributed by atoms with Gasteiger partial charge in [-0.1, -0.05) is 18.2 Å². The molecule has 0 aliphatic rings. The number of benzene rings is 1. The molecule has 0 fully saturated rings. The van der Waals surface area contributed by atoms with Crippen molar-refractivity contribution in [2.45, 2.75) is 26.3 Å². The highest BCUT2D eigenvalue weighted by Gasteiger charge is 2.11. The molecule has 0 unspecified atom stereocenters. The van der Waals surface area contributed by atoms with E-state index < -0.39 is 0 Å². The average Bonchev–Trinajstić information content (AvgIpc) is 2.97. The van der Waals surface area contributed by atoms with Gasteiger partial charge in [-0.3, -0.25) is 9.59 Å². The van der Waals surface area contributed by atoms with E-state index in [0.717, 1.165) is 21.1 Å². The lowest BCUT2D eigenvalue weighted by molar-refractivity contribution is -0.121. The Balaban J connectivity index is 1.80. The number of thiophene rings is 1. The minimum atomic E-state index is -0.132. The van der Waals surface area contributed by atoms with E-state index >= 15 is 0 Å². The average molecular weight is 317 g/mol. The first-order chi connectivity index (χ1) is 10.6. The zero-order valence-corrected chi connectivity index (χ0v) is 13.5. The molecule has 1 amide bonds. The number of ether oxygens (including phenoxy) is 1. The molecule has 2 aromatic rings. The lowest BCUT2D eigenvalue weighted by Gasteiger charge is -2.09. The van der Waals surface area contributed by atoms with Crippen molar-refractivity contribution in [1.29, 1.82) is 0 Å². The van der Waals surface area contributed by atoms with E-state index in [2.05, 4.69) is 5.32 Å². The molecule has 1 heterocycles. The minimum absolute atomic E-state index is 0.0190. The normalized spacial score (nSPS) is 10.3. The summed E-state index contributed by atoms with van der Waals surface area (Å²) in [6.07, 6.45) is 0.433. The lowest BCUT2D eigenvalue weighted by Crippen LogP contribution is -2.23. The molecule has 1 aromatic carbocycles. The molecule has 22 heavy (non-hydrogen) atoms. The lowest BCUT2D eigenvalue weighted by atomic mass is 10.1. The maximum atomic E-state index is 11.9. The van der Waals surface area contributed by atoms with Crippen LogP contribution in [0, 0.1) is 6.92 Å². The maximum absolute atomic E-state index is 11.9. The monoisotopic (exact) mass is 317 g/mol. The number of Topliss-reactive ketones (excluding diaryl/α,β-unsaturated/α-hetero) is 1. The van der Waals surface area contributed by atoms with Crippen LogP contribution >= 0.6 is 11.3 Å². The zero-order valence-electron chi connectivity index (χ0n) is 12.7. The van der Waals surface area contributed by atoms with Gasteiger partial charge in [0.2, 0.25) is 5.91 Å². The van der Waals surface area contributed by atoms with Crippen LogP contribution in [0.15, 0.2) is 36.4 Å². The van der Waals surface area contributed by atoms with Crippen molar-refractivity contribution >= 4 is 23.0 Å². The van der Waals surface area contributed by atoms with Gasteiger partial charge in [-0.15, -0.1) is 11.3 Å². The Morgan fingerprint density at radius 3 is 2.59 bits per heavy atom. The smallest absolute Gasteiger partial charge is 0.220 e. The molecule has 116 valence electrons. The summed E-state index contributed by atoms with van der Waals surface area (Å²) < 4.78 is 5.23. The Hall–Kier alpha value is -2.14. The third-order valence-corrected chi connectivity index (χ3v) is 4.30. The molecule has 5 heteroatoms. The van der Waals surface area contributed by atoms with Gasteiger partial charge in [0.05, 0.1) is 12.0 Å². The molecule has 2 rings (SSSR count). The van der Waals surface area contributed by atoms with Crippen LogP contribution in [-0.4, -0.2) is 18.8 Å². The van der Waals surface area contributed by atoms with Crippen molar-refractivity contribution in [1.82, 2.24) is 5.32 Å². The number of carbonyl (C=O) groups excluding carboxylic acids is 2. The van der Waals surface area contributed by atoms with Crippen LogP contribution in [0.3, 0.4) is 0 Å². The fourth-order valence-corrected chi connectivity index (χ4v) is 2.90. The summed E-state index contributed by atoms with van der Waals surface area (Å²) in [6.45, 7) is 2.36. The van der Waals surface area contributed by atoms with Crippen LogP contribution < -0.4 is 10.1 Å². The van der Waals surface area contributed by atoms with Gasteiger partial charge in [0, 0.05) is 29.8 Å². The standard InChI is InChI=1S/C17H19NO3S/c1-12-7-9-16(22-12)14(19)8-10-17(20)18-11-13-5-3-4-6-15(13)21-2/h3-7,9H,8,10-11H2,1-2H3,(H,18,20). The molecular formula is C17H19NO3S. The zero-order chi connectivity index (χ0) is 15.9. The van der Waals surface area contributed by atoms with Crippen molar-refractivity contribution in [3.63, 3.8) is 0 Å². The van der Waals surface area contributed by atoms with Crippen molar-refractivity contribution in [2.75, 3.05) is 7.11 Å². The van der Waals surface area contributed by atoms with Gasteiger partial charge in [-0.25, -0.2) is 0 Å². The van der Waals surface area contributed by atoms with Crippen LogP contribution in [-0.2, 0) is 11.3 Å². The van der Waals surface area contributed by atoms with E-state index in [-0.39, 0.29) is 24.5 Å². The fraction of sp³-hybridized carbons (Fsp3) is 0.294. The summed E-state index contributed by atoms with van der Waals surface area (Å²) in [5.41, 5.74) is 0.915. The van der Waals surface area contributed by atoms with Gasteiger partial charge >= 0.3 is 0 Å². The highest BCUT2D eigenvalue weighted by atomic mass is 32.1. The largest absolute Gasteiger partial charge is 0.496 e. The SMILES string of the molecule is COc1ccccc1CNC(=O)CCC(=O)c1ccc(C)s1. The van der Waals surface area contributed by atoms with Gasteiger partial charge in [0.15, 0.2) is 5.78 Å². The Kier molecular flexibility index (Phi) is 5.72. The predicted molar refractivity (Wildman–Crippen MR) is 87.5 cm³/mol. The second-order valence-electron chi connectivity index (χ2n) is 4.92. The number of rotatable bonds is 7. The van der Waals surface area contributed by atoms with E-state index in [1.807, 2.05) is 43.3 Å². The number of aryl methyl sites for hydroxylation is 1. The Labute approximate surface area is 134 Å². The fourth-order valence-electron chi connectivity index (χ4n) is 2.07. The van der Waals surface area contributed by atoms with E-state index in [1.165, 1.54) is 11.3 Å². The Morgan fingerprint density at radius 2 is 1.91 bits per heavy atom. The van der Waals surface area contributed by atoms with Crippen LogP contribution in [0.5, 0.6) is 5.75 Å². The number of methoxy groups -OCH3 is 1. The molecule has 1 N–H and O–H groups in total. The molecule has 0 atom stereocenters.